The van der Waals surface area contributed by atoms with E-state index in [1.165, 1.54) is 73.6 Å². The predicted octanol–water partition coefficient (Wildman–Crippen LogP) is 2.94. The normalized spacial score (nSPS) is 12.2. The lowest BCUT2D eigenvalue weighted by molar-refractivity contribution is 0.507. The van der Waals surface area contributed by atoms with Crippen molar-refractivity contribution in [3.05, 3.63) is 18.2 Å². The summed E-state index contributed by atoms with van der Waals surface area (Å²) in [6, 6.07) is 0. The molecule has 0 aliphatic rings. The Kier molecular flexibility index (Phi) is 10.2. The number of hydrogen-bond acceptors (Lipinski definition) is 4. The molecule has 1 aromatic rings. The standard InChI is InChI=1S/C17H34N4O2S/c1-20(2)24(22,23)21-16-19-15-17(21)13-11-9-7-5-3-4-6-8-10-12-14-18/h15-16H,3-14,18H2,1-2H3. The van der Waals surface area contributed by atoms with Gasteiger partial charge in [0.15, 0.2) is 0 Å². The molecule has 0 unspecified atom stereocenters. The second kappa shape index (κ2) is 11.6. The summed E-state index contributed by atoms with van der Waals surface area (Å²) in [4.78, 5) is 3.99. The van der Waals surface area contributed by atoms with Crippen LogP contribution in [0.4, 0.5) is 0 Å². The number of unbranched alkanes of at least 4 members (excludes halogenated alkanes) is 9. The molecule has 0 saturated heterocycles. The highest BCUT2D eigenvalue weighted by Crippen LogP contribution is 2.14. The van der Waals surface area contributed by atoms with Gasteiger partial charge in [0.1, 0.15) is 6.33 Å². The minimum atomic E-state index is -3.45. The first-order valence-electron chi connectivity index (χ1n) is 9.14. The maximum absolute atomic E-state index is 12.2. The third-order valence-corrected chi connectivity index (χ3v) is 6.02. The van der Waals surface area contributed by atoms with E-state index in [-0.39, 0.29) is 0 Å². The van der Waals surface area contributed by atoms with Gasteiger partial charge in [0.05, 0.1) is 5.69 Å². The maximum Gasteiger partial charge on any atom is 0.308 e. The molecule has 0 saturated carbocycles. The first kappa shape index (κ1) is 21.1. The highest BCUT2D eigenvalue weighted by atomic mass is 32.2. The lowest BCUT2D eigenvalue weighted by atomic mass is 10.1. The van der Waals surface area contributed by atoms with Gasteiger partial charge in [0.25, 0.3) is 0 Å². The van der Waals surface area contributed by atoms with Gasteiger partial charge >= 0.3 is 10.2 Å². The molecular weight excluding hydrogens is 324 g/mol. The van der Waals surface area contributed by atoms with Gasteiger partial charge in [-0.2, -0.15) is 12.7 Å². The Bertz CT molecular complexity index is 541. The first-order valence-corrected chi connectivity index (χ1v) is 10.5. The van der Waals surface area contributed by atoms with Gasteiger partial charge in [-0.05, 0) is 25.8 Å². The van der Waals surface area contributed by atoms with Gasteiger partial charge in [-0.1, -0.05) is 51.4 Å². The lowest BCUT2D eigenvalue weighted by Crippen LogP contribution is -2.29. The Morgan fingerprint density at radius 3 is 1.96 bits per heavy atom. The highest BCUT2D eigenvalue weighted by Gasteiger charge is 2.18. The van der Waals surface area contributed by atoms with Gasteiger partial charge in [0.2, 0.25) is 0 Å². The van der Waals surface area contributed by atoms with Crippen molar-refractivity contribution >= 4 is 10.2 Å². The van der Waals surface area contributed by atoms with E-state index < -0.39 is 10.2 Å². The van der Waals surface area contributed by atoms with Gasteiger partial charge in [0, 0.05) is 20.3 Å². The summed E-state index contributed by atoms with van der Waals surface area (Å²) in [5.41, 5.74) is 6.25. The van der Waals surface area contributed by atoms with Gasteiger partial charge in [-0.15, -0.1) is 0 Å². The van der Waals surface area contributed by atoms with Crippen LogP contribution in [0.15, 0.2) is 12.5 Å². The minimum absolute atomic E-state index is 0.756. The van der Waals surface area contributed by atoms with E-state index >= 15 is 0 Å². The van der Waals surface area contributed by atoms with E-state index in [1.807, 2.05) is 0 Å². The molecular formula is C17H34N4O2S. The number of imidazole rings is 1. The summed E-state index contributed by atoms with van der Waals surface area (Å²) in [5.74, 6) is 0. The van der Waals surface area contributed by atoms with Gasteiger partial charge in [-0.3, -0.25) is 0 Å². The van der Waals surface area contributed by atoms with E-state index in [0.717, 1.165) is 37.9 Å². The van der Waals surface area contributed by atoms with Crippen molar-refractivity contribution < 1.29 is 8.42 Å². The predicted molar refractivity (Wildman–Crippen MR) is 99.2 cm³/mol. The SMILES string of the molecule is CN(C)S(=O)(=O)n1cncc1CCCCCCCCCCCCN. The van der Waals surface area contributed by atoms with Crippen molar-refractivity contribution in [1.29, 1.82) is 0 Å². The molecule has 0 spiro atoms. The third-order valence-electron chi connectivity index (χ3n) is 4.28. The van der Waals surface area contributed by atoms with Crippen LogP contribution in [0.3, 0.4) is 0 Å². The number of nitrogens with zero attached hydrogens (tertiary/aromatic N) is 3. The van der Waals surface area contributed by atoms with E-state index in [4.69, 9.17) is 5.73 Å². The van der Waals surface area contributed by atoms with Crippen molar-refractivity contribution in [3.63, 3.8) is 0 Å². The van der Waals surface area contributed by atoms with Crippen LogP contribution in [0, 0.1) is 0 Å². The van der Waals surface area contributed by atoms with Crippen LogP contribution in [-0.4, -0.2) is 42.3 Å². The fourth-order valence-corrected chi connectivity index (χ4v) is 3.69. The molecule has 1 rings (SSSR count). The number of rotatable bonds is 14. The maximum atomic E-state index is 12.2. The largest absolute Gasteiger partial charge is 0.330 e. The number of nitrogens with two attached hydrogens (primary N) is 1. The molecule has 0 aliphatic heterocycles. The molecule has 140 valence electrons. The van der Waals surface area contributed by atoms with E-state index in [2.05, 4.69) is 4.98 Å². The molecule has 0 bridgehead atoms. The molecule has 24 heavy (non-hydrogen) atoms. The van der Waals surface area contributed by atoms with Crippen molar-refractivity contribution in [2.24, 2.45) is 5.73 Å². The molecule has 0 fully saturated rings. The summed E-state index contributed by atoms with van der Waals surface area (Å²) in [6.45, 7) is 0.814. The lowest BCUT2D eigenvalue weighted by Gasteiger charge is -2.14. The number of aryl methyl sites for hydroxylation is 1. The zero-order valence-electron chi connectivity index (χ0n) is 15.3. The third kappa shape index (κ3) is 7.32. The van der Waals surface area contributed by atoms with Crippen LogP contribution < -0.4 is 5.73 Å². The fourth-order valence-electron chi connectivity index (χ4n) is 2.73. The van der Waals surface area contributed by atoms with E-state index in [0.29, 0.717) is 0 Å². The average molecular weight is 359 g/mol. The summed E-state index contributed by atoms with van der Waals surface area (Å²) in [7, 11) is -0.375. The Labute approximate surface area is 147 Å². The van der Waals surface area contributed by atoms with Crippen LogP contribution >= 0.6 is 0 Å². The van der Waals surface area contributed by atoms with Crippen molar-refractivity contribution in [1.82, 2.24) is 13.3 Å². The van der Waals surface area contributed by atoms with Crippen molar-refractivity contribution in [2.75, 3.05) is 20.6 Å². The quantitative estimate of drug-likeness (QED) is 0.518. The molecule has 1 heterocycles. The molecule has 1 aromatic heterocycles. The molecule has 2 N–H and O–H groups in total. The molecule has 0 radical (unpaired) electrons. The summed E-state index contributed by atoms with van der Waals surface area (Å²) < 4.78 is 26.8. The van der Waals surface area contributed by atoms with Crippen molar-refractivity contribution in [2.45, 2.75) is 70.6 Å². The molecule has 0 atom stereocenters. The Hall–Kier alpha value is -0.920. The van der Waals surface area contributed by atoms with Crippen LogP contribution in [0.25, 0.3) is 0 Å². The first-order chi connectivity index (χ1) is 11.5. The Morgan fingerprint density at radius 2 is 1.46 bits per heavy atom. The average Bonchev–Trinajstić information content (AvgIpc) is 3.01. The zero-order chi connectivity index (χ0) is 17.8. The molecule has 0 aromatic carbocycles. The summed E-state index contributed by atoms with van der Waals surface area (Å²) in [6.07, 6.45) is 16.1. The van der Waals surface area contributed by atoms with E-state index in [1.54, 1.807) is 6.20 Å². The molecule has 6 nitrogen and oxygen atoms in total. The zero-order valence-corrected chi connectivity index (χ0v) is 16.1. The molecule has 0 amide bonds. The molecule has 7 heteroatoms. The van der Waals surface area contributed by atoms with Gasteiger partial charge in [-0.25, -0.2) is 8.96 Å². The minimum Gasteiger partial charge on any atom is -0.330 e. The monoisotopic (exact) mass is 358 g/mol. The van der Waals surface area contributed by atoms with Crippen LogP contribution in [0.1, 0.15) is 69.9 Å². The van der Waals surface area contributed by atoms with Crippen LogP contribution in [0.2, 0.25) is 0 Å². The van der Waals surface area contributed by atoms with Gasteiger partial charge < -0.3 is 5.73 Å². The molecule has 0 aliphatic carbocycles. The Balaban J connectivity index is 2.14. The topological polar surface area (TPSA) is 81.2 Å². The van der Waals surface area contributed by atoms with Crippen LogP contribution in [-0.2, 0) is 16.6 Å². The van der Waals surface area contributed by atoms with Crippen LogP contribution in [0.5, 0.6) is 0 Å². The number of aromatic nitrogens is 2. The second-order valence-electron chi connectivity index (χ2n) is 6.55. The Morgan fingerprint density at radius 1 is 0.958 bits per heavy atom. The van der Waals surface area contributed by atoms with E-state index in [9.17, 15) is 8.42 Å². The second-order valence-corrected chi connectivity index (χ2v) is 8.56. The summed E-state index contributed by atoms with van der Waals surface area (Å²) >= 11 is 0. The fraction of sp³-hybridized carbons (Fsp3) is 0.824. The van der Waals surface area contributed by atoms with Crippen molar-refractivity contribution in [3.8, 4) is 0 Å². The smallest absolute Gasteiger partial charge is 0.308 e. The summed E-state index contributed by atoms with van der Waals surface area (Å²) in [5, 5.41) is 0. The number of hydrogen-bond donors (Lipinski definition) is 1. The highest BCUT2D eigenvalue weighted by molar-refractivity contribution is 7.87.